The maximum absolute atomic E-state index is 9.76. The van der Waals surface area contributed by atoms with Crippen molar-refractivity contribution >= 4 is 34.2 Å². The summed E-state index contributed by atoms with van der Waals surface area (Å²) in [5, 5.41) is 17.5. The summed E-state index contributed by atoms with van der Waals surface area (Å²) in [7, 11) is 2.15. The van der Waals surface area contributed by atoms with Gasteiger partial charge in [-0.15, -0.1) is 11.3 Å². The van der Waals surface area contributed by atoms with Crippen molar-refractivity contribution in [2.45, 2.75) is 0 Å². The molecule has 0 saturated carbocycles. The number of phenols is 1. The molecule has 1 aromatic carbocycles. The van der Waals surface area contributed by atoms with Crippen LogP contribution >= 0.6 is 11.3 Å². The molecule has 1 aromatic heterocycles. The standard InChI is InChI=1S/C16H18N4OS/c1-19-4-6-20(7-5-19)16-12-9-22-10-15(12)17-13-3-2-11(21)8-14(13)18-16/h2-3,8-10,17,21H,4-7H2,1H3. The monoisotopic (exact) mass is 314 g/mol. The summed E-state index contributed by atoms with van der Waals surface area (Å²) in [5.41, 5.74) is 3.95. The van der Waals surface area contributed by atoms with Gasteiger partial charge in [0.1, 0.15) is 11.6 Å². The Morgan fingerprint density at radius 3 is 2.77 bits per heavy atom. The number of likely N-dealkylation sites (N-methyl/N-ethyl adjacent to an activating group) is 1. The molecular weight excluding hydrogens is 296 g/mol. The van der Waals surface area contributed by atoms with Crippen molar-refractivity contribution in [2.75, 3.05) is 38.5 Å². The van der Waals surface area contributed by atoms with E-state index in [1.807, 2.05) is 6.07 Å². The van der Waals surface area contributed by atoms with Gasteiger partial charge in [-0.25, -0.2) is 4.99 Å². The first kappa shape index (κ1) is 13.6. The van der Waals surface area contributed by atoms with Crippen molar-refractivity contribution in [3.8, 4) is 5.75 Å². The molecule has 0 spiro atoms. The molecule has 5 nitrogen and oxygen atoms in total. The third-order valence-corrected chi connectivity index (χ3v) is 4.93. The lowest BCUT2D eigenvalue weighted by molar-refractivity contribution is 0.216. The van der Waals surface area contributed by atoms with Crippen LogP contribution in [0.1, 0.15) is 5.56 Å². The topological polar surface area (TPSA) is 51.1 Å². The number of nitrogens with one attached hydrogen (secondary N) is 1. The lowest BCUT2D eigenvalue weighted by atomic mass is 10.2. The van der Waals surface area contributed by atoms with E-state index in [2.05, 4.69) is 32.9 Å². The van der Waals surface area contributed by atoms with E-state index in [1.54, 1.807) is 23.5 Å². The molecule has 6 heteroatoms. The van der Waals surface area contributed by atoms with Gasteiger partial charge in [0.15, 0.2) is 0 Å². The molecule has 0 radical (unpaired) electrons. The highest BCUT2D eigenvalue weighted by Crippen LogP contribution is 2.38. The first-order chi connectivity index (χ1) is 10.7. The van der Waals surface area contributed by atoms with Crippen molar-refractivity contribution in [1.82, 2.24) is 9.80 Å². The summed E-state index contributed by atoms with van der Waals surface area (Å²) in [6, 6.07) is 5.28. The number of amidine groups is 1. The Hall–Kier alpha value is -2.05. The van der Waals surface area contributed by atoms with Crippen LogP contribution in [0, 0.1) is 0 Å². The highest BCUT2D eigenvalue weighted by Gasteiger charge is 2.24. The average Bonchev–Trinajstić information content (AvgIpc) is 2.91. The zero-order chi connectivity index (χ0) is 15.1. The van der Waals surface area contributed by atoms with Crippen molar-refractivity contribution in [2.24, 2.45) is 4.99 Å². The maximum atomic E-state index is 9.76. The molecule has 0 unspecified atom stereocenters. The number of benzene rings is 1. The lowest BCUT2D eigenvalue weighted by Gasteiger charge is -2.34. The Labute approximate surface area is 133 Å². The van der Waals surface area contributed by atoms with Gasteiger partial charge in [0.05, 0.1) is 22.6 Å². The number of rotatable bonds is 0. The van der Waals surface area contributed by atoms with Gasteiger partial charge < -0.3 is 20.2 Å². The molecule has 4 rings (SSSR count). The largest absolute Gasteiger partial charge is 0.508 e. The van der Waals surface area contributed by atoms with Gasteiger partial charge in [-0.1, -0.05) is 0 Å². The fraction of sp³-hybridized carbons (Fsp3) is 0.312. The second-order valence-electron chi connectivity index (χ2n) is 5.75. The molecule has 1 fully saturated rings. The van der Waals surface area contributed by atoms with Gasteiger partial charge in [-0.3, -0.25) is 0 Å². The average molecular weight is 314 g/mol. The number of fused-ring (bicyclic) bond motifs is 2. The number of hydrogen-bond donors (Lipinski definition) is 2. The predicted octanol–water partition coefficient (Wildman–Crippen LogP) is 2.84. The molecule has 0 atom stereocenters. The molecule has 2 aromatic rings. The fourth-order valence-corrected chi connectivity index (χ4v) is 3.62. The highest BCUT2D eigenvalue weighted by molar-refractivity contribution is 7.08. The van der Waals surface area contributed by atoms with Crippen LogP contribution in [0.4, 0.5) is 17.1 Å². The molecule has 3 heterocycles. The van der Waals surface area contributed by atoms with E-state index in [0.717, 1.165) is 54.6 Å². The second kappa shape index (κ2) is 5.30. The van der Waals surface area contributed by atoms with Crippen molar-refractivity contribution in [3.63, 3.8) is 0 Å². The SMILES string of the molecule is CN1CCN(C2=Nc3cc(O)ccc3Nc3cscc32)CC1. The molecule has 22 heavy (non-hydrogen) atoms. The normalized spacial score (nSPS) is 18.0. The molecule has 1 saturated heterocycles. The fourth-order valence-electron chi connectivity index (χ4n) is 2.86. The predicted molar refractivity (Wildman–Crippen MR) is 91.0 cm³/mol. The lowest BCUT2D eigenvalue weighted by Crippen LogP contribution is -2.47. The summed E-state index contributed by atoms with van der Waals surface area (Å²) in [6.07, 6.45) is 0. The van der Waals surface area contributed by atoms with Crippen LogP contribution in [-0.2, 0) is 0 Å². The first-order valence-electron chi connectivity index (χ1n) is 7.39. The van der Waals surface area contributed by atoms with Gasteiger partial charge in [0, 0.05) is 43.0 Å². The molecule has 0 bridgehead atoms. The van der Waals surface area contributed by atoms with Gasteiger partial charge in [0.25, 0.3) is 0 Å². The third kappa shape index (κ3) is 2.34. The van der Waals surface area contributed by atoms with E-state index in [9.17, 15) is 5.11 Å². The van der Waals surface area contributed by atoms with E-state index in [-0.39, 0.29) is 5.75 Å². The van der Waals surface area contributed by atoms with E-state index in [4.69, 9.17) is 4.99 Å². The van der Waals surface area contributed by atoms with E-state index in [0.29, 0.717) is 0 Å². The van der Waals surface area contributed by atoms with Crippen molar-refractivity contribution < 1.29 is 5.11 Å². The summed E-state index contributed by atoms with van der Waals surface area (Å²) in [6.45, 7) is 4.02. The molecule has 0 amide bonds. The van der Waals surface area contributed by atoms with Crippen LogP contribution in [0.2, 0.25) is 0 Å². The van der Waals surface area contributed by atoms with E-state index in [1.165, 1.54) is 0 Å². The van der Waals surface area contributed by atoms with Gasteiger partial charge in [-0.05, 0) is 19.2 Å². The second-order valence-corrected chi connectivity index (χ2v) is 6.49. The number of aliphatic imine (C=N–C) groups is 1. The Balaban J connectivity index is 1.80. The van der Waals surface area contributed by atoms with Gasteiger partial charge in [-0.2, -0.15) is 0 Å². The summed E-state index contributed by atoms with van der Waals surface area (Å²) in [4.78, 5) is 9.54. The number of thiophene rings is 1. The van der Waals surface area contributed by atoms with Crippen LogP contribution in [0.5, 0.6) is 5.75 Å². The molecule has 2 aliphatic rings. The summed E-state index contributed by atoms with van der Waals surface area (Å²) >= 11 is 1.68. The minimum absolute atomic E-state index is 0.242. The van der Waals surface area contributed by atoms with E-state index < -0.39 is 0 Å². The smallest absolute Gasteiger partial charge is 0.139 e. The zero-order valence-corrected chi connectivity index (χ0v) is 13.2. The number of hydrogen-bond acceptors (Lipinski definition) is 6. The maximum Gasteiger partial charge on any atom is 0.139 e. The van der Waals surface area contributed by atoms with Crippen LogP contribution in [0.15, 0.2) is 34.0 Å². The first-order valence-corrected chi connectivity index (χ1v) is 8.34. The van der Waals surface area contributed by atoms with E-state index >= 15 is 0 Å². The number of aromatic hydroxyl groups is 1. The molecule has 114 valence electrons. The summed E-state index contributed by atoms with van der Waals surface area (Å²) in [5.74, 6) is 1.24. The molecular formula is C16H18N4OS. The van der Waals surface area contributed by atoms with Crippen LogP contribution in [0.3, 0.4) is 0 Å². The number of piperazine rings is 1. The molecule has 0 aliphatic carbocycles. The number of anilines is 2. The highest BCUT2D eigenvalue weighted by atomic mass is 32.1. The molecule has 2 N–H and O–H groups in total. The van der Waals surface area contributed by atoms with Crippen LogP contribution in [-0.4, -0.2) is 54.0 Å². The quantitative estimate of drug-likeness (QED) is 0.734. The summed E-state index contributed by atoms with van der Waals surface area (Å²) < 4.78 is 0. The Morgan fingerprint density at radius 2 is 1.95 bits per heavy atom. The Morgan fingerprint density at radius 1 is 1.14 bits per heavy atom. The van der Waals surface area contributed by atoms with Gasteiger partial charge in [0.2, 0.25) is 0 Å². The molecule has 2 aliphatic heterocycles. The Kier molecular flexibility index (Phi) is 3.28. The minimum Gasteiger partial charge on any atom is -0.508 e. The minimum atomic E-state index is 0.242. The van der Waals surface area contributed by atoms with Crippen LogP contribution < -0.4 is 5.32 Å². The number of phenolic OH excluding ortho intramolecular Hbond substituents is 1. The van der Waals surface area contributed by atoms with Gasteiger partial charge >= 0.3 is 0 Å². The van der Waals surface area contributed by atoms with Crippen molar-refractivity contribution in [3.05, 3.63) is 34.5 Å². The zero-order valence-electron chi connectivity index (χ0n) is 12.4. The number of nitrogens with zero attached hydrogens (tertiary/aromatic N) is 3. The third-order valence-electron chi connectivity index (χ3n) is 4.18. The van der Waals surface area contributed by atoms with Crippen LogP contribution in [0.25, 0.3) is 0 Å². The van der Waals surface area contributed by atoms with Crippen molar-refractivity contribution in [1.29, 1.82) is 0 Å². The Bertz CT molecular complexity index is 731.